The third-order valence-electron chi connectivity index (χ3n) is 5.59. The van der Waals surface area contributed by atoms with Crippen LogP contribution >= 0.6 is 11.3 Å². The highest BCUT2D eigenvalue weighted by molar-refractivity contribution is 7.15. The van der Waals surface area contributed by atoms with E-state index in [4.69, 9.17) is 15.2 Å². The molecule has 0 atom stereocenters. The fourth-order valence-electron chi connectivity index (χ4n) is 3.90. The van der Waals surface area contributed by atoms with Gasteiger partial charge in [-0.1, -0.05) is 6.07 Å². The Bertz CT molecular complexity index is 1310. The molecule has 1 aliphatic heterocycles. The molecule has 2 N–H and O–H groups in total. The van der Waals surface area contributed by atoms with Crippen molar-refractivity contribution in [3.63, 3.8) is 0 Å². The zero-order valence-electron chi connectivity index (χ0n) is 17.8. The molecule has 0 aliphatic carbocycles. The minimum absolute atomic E-state index is 0.276. The molecule has 0 unspecified atom stereocenters. The van der Waals surface area contributed by atoms with Gasteiger partial charge in [0.05, 0.1) is 32.9 Å². The summed E-state index contributed by atoms with van der Waals surface area (Å²) in [4.78, 5) is 15.0. The number of nitrogens with one attached hydrogen (secondary N) is 2. The highest BCUT2D eigenvalue weighted by atomic mass is 32.1. The summed E-state index contributed by atoms with van der Waals surface area (Å²) in [6.45, 7) is 1.96. The van der Waals surface area contributed by atoms with Crippen molar-refractivity contribution in [2.75, 3.05) is 18.4 Å². The zero-order valence-corrected chi connectivity index (χ0v) is 18.6. The highest BCUT2D eigenvalue weighted by Gasteiger charge is 2.23. The third-order valence-corrected chi connectivity index (χ3v) is 6.83. The molecule has 6 nitrogen and oxygen atoms in total. The summed E-state index contributed by atoms with van der Waals surface area (Å²) in [5, 5.41) is 16.8. The Morgan fingerprint density at radius 2 is 1.88 bits per heavy atom. The number of rotatable bonds is 5. The number of halogens is 1. The van der Waals surface area contributed by atoms with Crippen molar-refractivity contribution in [3.05, 3.63) is 77.2 Å². The van der Waals surface area contributed by atoms with E-state index in [1.165, 1.54) is 12.1 Å². The predicted octanol–water partition coefficient (Wildman–Crippen LogP) is 5.49. The van der Waals surface area contributed by atoms with Crippen LogP contribution in [0.3, 0.4) is 0 Å². The number of piperidine rings is 1. The Labute approximate surface area is 195 Å². The molecule has 0 amide bonds. The van der Waals surface area contributed by atoms with Gasteiger partial charge in [0.1, 0.15) is 5.82 Å². The Morgan fingerprint density at radius 1 is 1.06 bits per heavy atom. The van der Waals surface area contributed by atoms with Crippen LogP contribution in [0.1, 0.15) is 29.3 Å². The molecule has 1 saturated heterocycles. The summed E-state index contributed by atoms with van der Waals surface area (Å²) in [7, 11) is 0. The maximum atomic E-state index is 13.6. The summed E-state index contributed by atoms with van der Waals surface area (Å²) in [5.41, 5.74) is 3.72. The van der Waals surface area contributed by atoms with Crippen LogP contribution in [0.5, 0.6) is 0 Å². The molecule has 33 heavy (non-hydrogen) atoms. The number of hydrogen-bond acceptors (Lipinski definition) is 7. The molecular weight excluding hydrogens is 435 g/mol. The smallest absolute Gasteiger partial charge is 0.227 e. The third kappa shape index (κ3) is 4.75. The monoisotopic (exact) mass is 456 g/mol. The van der Waals surface area contributed by atoms with Crippen molar-refractivity contribution in [1.29, 1.82) is 5.26 Å². The molecule has 5 rings (SSSR count). The maximum absolute atomic E-state index is 13.6. The van der Waals surface area contributed by atoms with Gasteiger partial charge in [-0.25, -0.2) is 19.3 Å². The average molecular weight is 457 g/mol. The van der Waals surface area contributed by atoms with Gasteiger partial charge < -0.3 is 10.6 Å². The molecule has 2 aromatic carbocycles. The summed E-state index contributed by atoms with van der Waals surface area (Å²) in [6.07, 6.45) is 3.79. The fraction of sp³-hybridized carbons (Fsp3) is 0.200. The van der Waals surface area contributed by atoms with E-state index >= 15 is 0 Å². The van der Waals surface area contributed by atoms with E-state index in [0.717, 1.165) is 58.5 Å². The molecule has 0 bridgehead atoms. The van der Waals surface area contributed by atoms with E-state index in [1.807, 2.05) is 18.2 Å². The van der Waals surface area contributed by atoms with Crippen LogP contribution in [0, 0.1) is 17.1 Å². The first-order chi connectivity index (χ1) is 16.2. The highest BCUT2D eigenvalue weighted by Crippen LogP contribution is 2.40. The molecule has 0 radical (unpaired) electrons. The molecule has 0 spiro atoms. The van der Waals surface area contributed by atoms with Crippen molar-refractivity contribution in [2.24, 2.45) is 0 Å². The second kappa shape index (κ2) is 9.45. The molecule has 8 heteroatoms. The molecule has 0 saturated carbocycles. The summed E-state index contributed by atoms with van der Waals surface area (Å²) in [5.74, 6) is 0.559. The van der Waals surface area contributed by atoms with E-state index in [9.17, 15) is 4.39 Å². The SMILES string of the molecule is N#Cc1cccc(Nc2nccc(-c3sc(C4CCNCC4)nc3-c3ccc(F)cc3)n2)c1. The lowest BCUT2D eigenvalue weighted by Gasteiger charge is -2.20. The summed E-state index contributed by atoms with van der Waals surface area (Å²) in [6, 6.07) is 17.6. The molecule has 1 fully saturated rings. The Hall–Kier alpha value is -3.67. The number of thiazole rings is 1. The van der Waals surface area contributed by atoms with Crippen molar-refractivity contribution in [1.82, 2.24) is 20.3 Å². The quantitative estimate of drug-likeness (QED) is 0.413. The standard InChI is InChI=1S/C25H21FN6S/c26-19-6-4-17(5-7-19)22-23(33-24(32-22)18-8-11-28-12-9-18)21-10-13-29-25(31-21)30-20-3-1-2-16(14-20)15-27/h1-7,10,13-14,18,28H,8-9,11-12H2,(H,29,30,31). The molecule has 164 valence electrons. The van der Waals surface area contributed by atoms with Gasteiger partial charge in [0.2, 0.25) is 5.95 Å². The van der Waals surface area contributed by atoms with Crippen LogP contribution < -0.4 is 10.6 Å². The topological polar surface area (TPSA) is 86.5 Å². The van der Waals surface area contributed by atoms with E-state index in [1.54, 1.807) is 41.8 Å². The van der Waals surface area contributed by atoms with Gasteiger partial charge in [-0.2, -0.15) is 5.26 Å². The molecule has 4 aromatic rings. The first-order valence-electron chi connectivity index (χ1n) is 10.8. The number of aromatic nitrogens is 3. The van der Waals surface area contributed by atoms with Crippen LogP contribution in [0.25, 0.3) is 21.8 Å². The normalized spacial score (nSPS) is 14.1. The maximum Gasteiger partial charge on any atom is 0.227 e. The lowest BCUT2D eigenvalue weighted by atomic mass is 9.99. The Kier molecular flexibility index (Phi) is 6.07. The van der Waals surface area contributed by atoms with Crippen LogP contribution in [0.4, 0.5) is 16.0 Å². The fourth-order valence-corrected chi connectivity index (χ4v) is 5.13. The second-order valence-electron chi connectivity index (χ2n) is 7.84. The lowest BCUT2D eigenvalue weighted by Crippen LogP contribution is -2.26. The van der Waals surface area contributed by atoms with Crippen molar-refractivity contribution in [3.8, 4) is 27.9 Å². The number of nitrogens with zero attached hydrogens (tertiary/aromatic N) is 4. The Balaban J connectivity index is 1.53. The second-order valence-corrected chi connectivity index (χ2v) is 8.87. The molecule has 1 aliphatic rings. The van der Waals surface area contributed by atoms with Crippen molar-refractivity contribution in [2.45, 2.75) is 18.8 Å². The van der Waals surface area contributed by atoms with Crippen LogP contribution in [-0.2, 0) is 0 Å². The van der Waals surface area contributed by atoms with Gasteiger partial charge in [0.25, 0.3) is 0 Å². The van der Waals surface area contributed by atoms with E-state index in [2.05, 4.69) is 21.7 Å². The summed E-state index contributed by atoms with van der Waals surface area (Å²) >= 11 is 1.65. The lowest BCUT2D eigenvalue weighted by molar-refractivity contribution is 0.459. The van der Waals surface area contributed by atoms with Crippen molar-refractivity contribution < 1.29 is 4.39 Å². The van der Waals surface area contributed by atoms with E-state index in [-0.39, 0.29) is 5.82 Å². The first kappa shape index (κ1) is 21.2. The predicted molar refractivity (Wildman–Crippen MR) is 128 cm³/mol. The van der Waals surface area contributed by atoms with Gasteiger partial charge in [-0.15, -0.1) is 11.3 Å². The number of benzene rings is 2. The van der Waals surface area contributed by atoms with Gasteiger partial charge >= 0.3 is 0 Å². The van der Waals surface area contributed by atoms with Gasteiger partial charge in [-0.3, -0.25) is 0 Å². The van der Waals surface area contributed by atoms with Crippen molar-refractivity contribution >= 4 is 23.0 Å². The van der Waals surface area contributed by atoms with Crippen LogP contribution in [0.15, 0.2) is 60.8 Å². The van der Waals surface area contributed by atoms with E-state index in [0.29, 0.717) is 17.4 Å². The van der Waals surface area contributed by atoms with Crippen LogP contribution in [-0.4, -0.2) is 28.0 Å². The number of nitriles is 1. The zero-order chi connectivity index (χ0) is 22.6. The number of hydrogen-bond donors (Lipinski definition) is 2. The van der Waals surface area contributed by atoms with Gasteiger partial charge in [0, 0.05) is 23.4 Å². The molecule has 2 aromatic heterocycles. The Morgan fingerprint density at radius 3 is 2.67 bits per heavy atom. The molecular formula is C25H21FN6S. The minimum Gasteiger partial charge on any atom is -0.324 e. The summed E-state index contributed by atoms with van der Waals surface area (Å²) < 4.78 is 13.6. The van der Waals surface area contributed by atoms with Gasteiger partial charge in [0.15, 0.2) is 0 Å². The number of anilines is 2. The average Bonchev–Trinajstić information content (AvgIpc) is 3.31. The largest absolute Gasteiger partial charge is 0.324 e. The van der Waals surface area contributed by atoms with E-state index < -0.39 is 0 Å². The molecule has 3 heterocycles. The first-order valence-corrected chi connectivity index (χ1v) is 11.6. The van der Waals surface area contributed by atoms with Gasteiger partial charge in [-0.05, 0) is 74.5 Å². The minimum atomic E-state index is -0.276. The van der Waals surface area contributed by atoms with Crippen LogP contribution in [0.2, 0.25) is 0 Å².